The number of carbonyl (C=O) groups excluding carboxylic acids is 1. The minimum absolute atomic E-state index is 0.0414. The van der Waals surface area contributed by atoms with E-state index in [1.807, 2.05) is 6.26 Å². The minimum atomic E-state index is -0.109. The van der Waals surface area contributed by atoms with E-state index in [1.54, 1.807) is 24.3 Å². The van der Waals surface area contributed by atoms with Crippen LogP contribution in [-0.2, 0) is 4.79 Å². The summed E-state index contributed by atoms with van der Waals surface area (Å²) in [5.41, 5.74) is 5.86. The van der Waals surface area contributed by atoms with Gasteiger partial charge in [-0.1, -0.05) is 17.3 Å². The molecule has 18 heavy (non-hydrogen) atoms. The highest BCUT2D eigenvalue weighted by Gasteiger charge is 2.07. The second-order valence-corrected chi connectivity index (χ2v) is 4.22. The summed E-state index contributed by atoms with van der Waals surface area (Å²) in [6, 6.07) is 6.97. The van der Waals surface area contributed by atoms with Crippen molar-refractivity contribution in [2.45, 2.75) is 0 Å². The Kier molecular flexibility index (Phi) is 5.86. The first-order valence-corrected chi connectivity index (χ1v) is 6.53. The Bertz CT molecular complexity index is 437. The van der Waals surface area contributed by atoms with Crippen molar-refractivity contribution in [1.82, 2.24) is 0 Å². The molecular formula is C11H15N3O3S. The molecule has 1 aromatic rings. The average molecular weight is 269 g/mol. The number of amides is 1. The van der Waals surface area contributed by atoms with Gasteiger partial charge in [0, 0.05) is 0 Å². The first-order chi connectivity index (χ1) is 8.67. The first kappa shape index (κ1) is 14.2. The Morgan fingerprint density at radius 2 is 2.28 bits per heavy atom. The molecule has 98 valence electrons. The normalized spacial score (nSPS) is 11.1. The van der Waals surface area contributed by atoms with E-state index in [0.717, 1.165) is 0 Å². The fourth-order valence-corrected chi connectivity index (χ4v) is 1.53. The molecule has 0 radical (unpaired) electrons. The number of nitrogens with one attached hydrogen (secondary N) is 1. The Hall–Kier alpha value is -1.89. The van der Waals surface area contributed by atoms with E-state index in [9.17, 15) is 4.79 Å². The number of rotatable bonds is 6. The summed E-state index contributed by atoms with van der Waals surface area (Å²) in [5.74, 6) is 0.690. The third-order valence-electron chi connectivity index (χ3n) is 1.94. The van der Waals surface area contributed by atoms with E-state index in [4.69, 9.17) is 15.7 Å². The molecule has 1 amide bonds. The van der Waals surface area contributed by atoms with Crippen molar-refractivity contribution in [3.05, 3.63) is 24.3 Å². The standard InChI is InChI=1S/C11H15N3O3S/c1-18-7-11(15)13-8-4-2-3-5-9(8)17-6-10(12)14-16/h2-5,16H,6-7H2,1H3,(H2,12,14)(H,13,15). The predicted molar refractivity (Wildman–Crippen MR) is 72.4 cm³/mol. The number of carbonyl (C=O) groups is 1. The summed E-state index contributed by atoms with van der Waals surface area (Å²) in [6.45, 7) is -0.0497. The number of thioether (sulfide) groups is 1. The Morgan fingerprint density at radius 3 is 2.94 bits per heavy atom. The summed E-state index contributed by atoms with van der Waals surface area (Å²) in [6.07, 6.45) is 1.85. The molecule has 0 spiro atoms. The lowest BCUT2D eigenvalue weighted by molar-refractivity contribution is -0.113. The second-order valence-electron chi connectivity index (χ2n) is 3.36. The van der Waals surface area contributed by atoms with Crippen molar-refractivity contribution in [1.29, 1.82) is 0 Å². The van der Waals surface area contributed by atoms with Crippen LogP contribution in [0, 0.1) is 0 Å². The average Bonchev–Trinajstić information content (AvgIpc) is 2.37. The minimum Gasteiger partial charge on any atom is -0.483 e. The van der Waals surface area contributed by atoms with Gasteiger partial charge in [0.2, 0.25) is 5.91 Å². The van der Waals surface area contributed by atoms with Crippen molar-refractivity contribution < 1.29 is 14.7 Å². The third-order valence-corrected chi connectivity index (χ3v) is 2.49. The van der Waals surface area contributed by atoms with Crippen molar-refractivity contribution in [2.75, 3.05) is 23.9 Å². The van der Waals surface area contributed by atoms with E-state index in [1.165, 1.54) is 11.8 Å². The number of amidine groups is 1. The van der Waals surface area contributed by atoms with Crippen LogP contribution in [0.1, 0.15) is 0 Å². The Balaban J connectivity index is 2.70. The summed E-state index contributed by atoms with van der Waals surface area (Å²) in [5, 5.41) is 13.9. The quantitative estimate of drug-likeness (QED) is 0.311. The molecule has 1 aromatic carbocycles. The molecule has 6 nitrogen and oxygen atoms in total. The van der Waals surface area contributed by atoms with Gasteiger partial charge in [-0.3, -0.25) is 4.79 Å². The molecular weight excluding hydrogens is 254 g/mol. The highest BCUT2D eigenvalue weighted by atomic mass is 32.2. The van der Waals surface area contributed by atoms with Gasteiger partial charge in [0.25, 0.3) is 0 Å². The summed E-state index contributed by atoms with van der Waals surface area (Å²) < 4.78 is 5.33. The lowest BCUT2D eigenvalue weighted by atomic mass is 10.3. The number of nitrogens with two attached hydrogens (primary N) is 1. The van der Waals surface area contributed by atoms with Gasteiger partial charge in [-0.2, -0.15) is 11.8 Å². The van der Waals surface area contributed by atoms with Gasteiger partial charge in [0.1, 0.15) is 12.4 Å². The summed E-state index contributed by atoms with van der Waals surface area (Å²) >= 11 is 1.43. The molecule has 0 aromatic heterocycles. The fraction of sp³-hybridized carbons (Fsp3) is 0.273. The number of anilines is 1. The van der Waals surface area contributed by atoms with Crippen LogP contribution in [0.15, 0.2) is 29.4 Å². The maximum absolute atomic E-state index is 11.5. The highest BCUT2D eigenvalue weighted by Crippen LogP contribution is 2.23. The van der Waals surface area contributed by atoms with Gasteiger partial charge in [0.15, 0.2) is 5.84 Å². The highest BCUT2D eigenvalue weighted by molar-refractivity contribution is 7.99. The van der Waals surface area contributed by atoms with Gasteiger partial charge < -0.3 is 21.0 Å². The van der Waals surface area contributed by atoms with E-state index >= 15 is 0 Å². The smallest absolute Gasteiger partial charge is 0.234 e. The molecule has 0 atom stereocenters. The van der Waals surface area contributed by atoms with Crippen molar-refractivity contribution in [3.8, 4) is 5.75 Å². The van der Waals surface area contributed by atoms with Crippen LogP contribution in [0.2, 0.25) is 0 Å². The largest absolute Gasteiger partial charge is 0.483 e. The monoisotopic (exact) mass is 269 g/mol. The molecule has 0 aliphatic carbocycles. The SMILES string of the molecule is CSCC(=O)Nc1ccccc1OCC(N)=NO. The molecule has 0 bridgehead atoms. The topological polar surface area (TPSA) is 96.9 Å². The Morgan fingerprint density at radius 1 is 1.56 bits per heavy atom. The molecule has 4 N–H and O–H groups in total. The van der Waals surface area contributed by atoms with E-state index in [0.29, 0.717) is 17.2 Å². The number of hydrogen-bond acceptors (Lipinski definition) is 5. The number of ether oxygens (including phenoxy) is 1. The molecule has 0 fully saturated rings. The lowest BCUT2D eigenvalue weighted by Crippen LogP contribution is -2.21. The number of oxime groups is 1. The van der Waals surface area contributed by atoms with Crippen LogP contribution in [0.25, 0.3) is 0 Å². The fourth-order valence-electron chi connectivity index (χ4n) is 1.19. The van der Waals surface area contributed by atoms with E-state index < -0.39 is 0 Å². The van der Waals surface area contributed by atoms with Crippen LogP contribution in [0.3, 0.4) is 0 Å². The molecule has 0 aliphatic rings. The summed E-state index contributed by atoms with van der Waals surface area (Å²) in [7, 11) is 0. The number of para-hydroxylation sites is 2. The molecule has 7 heteroatoms. The number of nitrogens with zero attached hydrogens (tertiary/aromatic N) is 1. The molecule has 0 saturated heterocycles. The second kappa shape index (κ2) is 7.44. The zero-order valence-electron chi connectivity index (χ0n) is 9.92. The molecule has 0 saturated carbocycles. The predicted octanol–water partition coefficient (Wildman–Crippen LogP) is 1.11. The van der Waals surface area contributed by atoms with Gasteiger partial charge in [0.05, 0.1) is 11.4 Å². The van der Waals surface area contributed by atoms with Crippen LogP contribution < -0.4 is 15.8 Å². The van der Waals surface area contributed by atoms with Crippen LogP contribution in [0.5, 0.6) is 5.75 Å². The molecule has 1 rings (SSSR count). The van der Waals surface area contributed by atoms with Gasteiger partial charge >= 0.3 is 0 Å². The molecule has 0 unspecified atom stereocenters. The molecule has 0 aliphatic heterocycles. The van der Waals surface area contributed by atoms with Crippen molar-refractivity contribution in [2.24, 2.45) is 10.9 Å². The Labute approximate surface area is 109 Å². The van der Waals surface area contributed by atoms with Crippen LogP contribution >= 0.6 is 11.8 Å². The van der Waals surface area contributed by atoms with Gasteiger partial charge in [-0.15, -0.1) is 0 Å². The zero-order valence-corrected chi connectivity index (χ0v) is 10.7. The van der Waals surface area contributed by atoms with E-state index in [-0.39, 0.29) is 18.3 Å². The van der Waals surface area contributed by atoms with Crippen molar-refractivity contribution >= 4 is 29.2 Å². The third kappa shape index (κ3) is 4.54. The molecule has 0 heterocycles. The van der Waals surface area contributed by atoms with Gasteiger partial charge in [-0.05, 0) is 18.4 Å². The maximum Gasteiger partial charge on any atom is 0.234 e. The van der Waals surface area contributed by atoms with Gasteiger partial charge in [-0.25, -0.2) is 0 Å². The maximum atomic E-state index is 11.5. The number of benzene rings is 1. The first-order valence-electron chi connectivity index (χ1n) is 5.14. The van der Waals surface area contributed by atoms with Crippen LogP contribution in [0.4, 0.5) is 5.69 Å². The van der Waals surface area contributed by atoms with E-state index in [2.05, 4.69) is 10.5 Å². The number of hydrogen-bond donors (Lipinski definition) is 3. The van der Waals surface area contributed by atoms with Crippen LogP contribution in [-0.4, -0.2) is 35.6 Å². The van der Waals surface area contributed by atoms with Crippen molar-refractivity contribution in [3.63, 3.8) is 0 Å². The zero-order chi connectivity index (χ0) is 13.4. The summed E-state index contributed by atoms with van der Waals surface area (Å²) in [4.78, 5) is 11.5. The lowest BCUT2D eigenvalue weighted by Gasteiger charge is -2.11.